The second-order valence-electron chi connectivity index (χ2n) is 7.76. The molecule has 4 aromatic rings. The zero-order chi connectivity index (χ0) is 22.3. The maximum atomic E-state index is 12.8. The Balaban J connectivity index is 1.51. The molecule has 0 saturated heterocycles. The Bertz CT molecular complexity index is 1310. The lowest BCUT2D eigenvalue weighted by Gasteiger charge is -2.10. The fourth-order valence-corrected chi connectivity index (χ4v) is 3.85. The number of carbonyl (C=O) groups excluding carboxylic acids is 2. The molecule has 0 aliphatic rings. The van der Waals surface area contributed by atoms with Crippen LogP contribution < -0.4 is 0 Å². The normalized spacial score (nSPS) is 11.1. The average molecular weight is 416 g/mol. The molecule has 0 fully saturated rings. The van der Waals surface area contributed by atoms with Crippen molar-refractivity contribution in [2.75, 3.05) is 6.61 Å². The first kappa shape index (κ1) is 20.5. The van der Waals surface area contributed by atoms with Gasteiger partial charge in [-0.2, -0.15) is 5.10 Å². The Hall–Kier alpha value is -3.74. The summed E-state index contributed by atoms with van der Waals surface area (Å²) in [6.45, 7) is 7.40. The van der Waals surface area contributed by atoms with Gasteiger partial charge in [-0.1, -0.05) is 17.7 Å². The first-order valence-electron chi connectivity index (χ1n) is 10.0. The number of Topliss-reactive ketones (excluding diaryl/α,β-unsaturated/α-hetero) is 1. The van der Waals surface area contributed by atoms with Crippen molar-refractivity contribution in [3.05, 3.63) is 76.4 Å². The summed E-state index contributed by atoms with van der Waals surface area (Å²) in [5.41, 5.74) is 6.22. The van der Waals surface area contributed by atoms with E-state index in [1.165, 1.54) is 11.8 Å². The van der Waals surface area contributed by atoms with Crippen molar-refractivity contribution in [1.29, 1.82) is 0 Å². The number of nitrogens with zero attached hydrogens (tertiary/aromatic N) is 4. The van der Waals surface area contributed by atoms with E-state index in [0.717, 1.165) is 28.2 Å². The van der Waals surface area contributed by atoms with Gasteiger partial charge in [-0.05, 0) is 52.0 Å². The van der Waals surface area contributed by atoms with Crippen LogP contribution in [-0.2, 0) is 11.8 Å². The molecule has 0 atom stereocenters. The molecule has 7 nitrogen and oxygen atoms in total. The number of hydrogen-bond acceptors (Lipinski definition) is 5. The molecule has 0 aliphatic carbocycles. The number of rotatable bonds is 5. The number of carbonyl (C=O) groups is 2. The Morgan fingerprint density at radius 3 is 2.45 bits per heavy atom. The fraction of sp³-hybridized carbons (Fsp3) is 0.250. The summed E-state index contributed by atoms with van der Waals surface area (Å²) >= 11 is 0. The summed E-state index contributed by atoms with van der Waals surface area (Å²) in [5.74, 6) is -0.829. The molecule has 0 amide bonds. The average Bonchev–Trinajstić information content (AvgIpc) is 3.21. The van der Waals surface area contributed by atoms with E-state index >= 15 is 0 Å². The quantitative estimate of drug-likeness (QED) is 0.362. The van der Waals surface area contributed by atoms with E-state index in [9.17, 15) is 9.59 Å². The Labute approximate surface area is 180 Å². The van der Waals surface area contributed by atoms with Crippen LogP contribution in [0.1, 0.15) is 43.4 Å². The van der Waals surface area contributed by atoms with Gasteiger partial charge >= 0.3 is 5.97 Å². The Morgan fingerprint density at radius 1 is 1.03 bits per heavy atom. The van der Waals surface area contributed by atoms with Crippen LogP contribution in [0.3, 0.4) is 0 Å². The van der Waals surface area contributed by atoms with E-state index in [1.54, 1.807) is 17.8 Å². The minimum atomic E-state index is -0.585. The number of hydrogen-bond donors (Lipinski definition) is 0. The number of benzene rings is 1. The van der Waals surface area contributed by atoms with Crippen molar-refractivity contribution < 1.29 is 14.3 Å². The van der Waals surface area contributed by atoms with Crippen LogP contribution in [-0.4, -0.2) is 37.7 Å². The first-order chi connectivity index (χ1) is 14.8. The standard InChI is InChI=1S/C24H24N4O3/c1-14-6-8-19(9-7-14)28-15(2)10-21(17(28)4)22(29)13-31-24(30)18-11-20-16(3)26-27(5)23(20)25-12-18/h6-12H,13H2,1-5H3. The third-order valence-electron chi connectivity index (χ3n) is 5.46. The van der Waals surface area contributed by atoms with E-state index in [0.29, 0.717) is 16.8 Å². The van der Waals surface area contributed by atoms with E-state index in [-0.39, 0.29) is 12.4 Å². The number of esters is 1. The molecule has 7 heteroatoms. The second kappa shape index (κ2) is 7.83. The highest BCUT2D eigenvalue weighted by Crippen LogP contribution is 2.22. The van der Waals surface area contributed by atoms with Gasteiger partial charge in [0, 0.05) is 41.3 Å². The predicted molar refractivity (Wildman–Crippen MR) is 118 cm³/mol. The van der Waals surface area contributed by atoms with Crippen LogP contribution in [0.5, 0.6) is 0 Å². The van der Waals surface area contributed by atoms with Gasteiger partial charge in [0.1, 0.15) is 0 Å². The van der Waals surface area contributed by atoms with E-state index in [4.69, 9.17) is 4.74 Å². The molecule has 158 valence electrons. The molecule has 0 N–H and O–H groups in total. The highest BCUT2D eigenvalue weighted by Gasteiger charge is 2.19. The Kier molecular flexibility index (Phi) is 5.19. The second-order valence-corrected chi connectivity index (χ2v) is 7.76. The van der Waals surface area contributed by atoms with Crippen molar-refractivity contribution in [3.63, 3.8) is 0 Å². The highest BCUT2D eigenvalue weighted by atomic mass is 16.5. The number of aromatic nitrogens is 4. The molecule has 31 heavy (non-hydrogen) atoms. The molecule has 0 unspecified atom stereocenters. The highest BCUT2D eigenvalue weighted by molar-refractivity contribution is 6.01. The minimum Gasteiger partial charge on any atom is -0.454 e. The van der Waals surface area contributed by atoms with Crippen molar-refractivity contribution in [2.24, 2.45) is 7.05 Å². The fourth-order valence-electron chi connectivity index (χ4n) is 3.85. The number of pyridine rings is 1. The van der Waals surface area contributed by atoms with Crippen molar-refractivity contribution in [1.82, 2.24) is 19.3 Å². The number of aryl methyl sites for hydroxylation is 4. The van der Waals surface area contributed by atoms with E-state index < -0.39 is 5.97 Å². The van der Waals surface area contributed by atoms with Crippen LogP contribution in [0.25, 0.3) is 16.7 Å². The van der Waals surface area contributed by atoms with Gasteiger partial charge in [0.05, 0.1) is 11.3 Å². The summed E-state index contributed by atoms with van der Waals surface area (Å²) in [5, 5.41) is 5.08. The third kappa shape index (κ3) is 3.74. The summed E-state index contributed by atoms with van der Waals surface area (Å²) in [6.07, 6.45) is 1.44. The maximum absolute atomic E-state index is 12.8. The minimum absolute atomic E-state index is 0.244. The molecular formula is C24H24N4O3. The van der Waals surface area contributed by atoms with Gasteiger partial charge in [0.15, 0.2) is 12.3 Å². The van der Waals surface area contributed by atoms with Gasteiger partial charge in [0.2, 0.25) is 5.78 Å². The summed E-state index contributed by atoms with van der Waals surface area (Å²) < 4.78 is 8.99. The predicted octanol–water partition coefficient (Wildman–Crippen LogP) is 4.03. The zero-order valence-electron chi connectivity index (χ0n) is 18.3. The molecule has 0 bridgehead atoms. The monoisotopic (exact) mass is 416 g/mol. The van der Waals surface area contributed by atoms with Gasteiger partial charge in [0.25, 0.3) is 0 Å². The maximum Gasteiger partial charge on any atom is 0.340 e. The largest absolute Gasteiger partial charge is 0.454 e. The van der Waals surface area contributed by atoms with Crippen LogP contribution in [0, 0.1) is 27.7 Å². The van der Waals surface area contributed by atoms with Crippen molar-refractivity contribution in [3.8, 4) is 5.69 Å². The van der Waals surface area contributed by atoms with E-state index in [2.05, 4.69) is 10.1 Å². The molecule has 3 heterocycles. The third-order valence-corrected chi connectivity index (χ3v) is 5.46. The Morgan fingerprint density at radius 2 is 1.74 bits per heavy atom. The van der Waals surface area contributed by atoms with E-state index in [1.807, 2.05) is 62.6 Å². The van der Waals surface area contributed by atoms with Gasteiger partial charge in [-0.25, -0.2) is 9.78 Å². The molecule has 0 radical (unpaired) electrons. The lowest BCUT2D eigenvalue weighted by atomic mass is 10.1. The van der Waals surface area contributed by atoms with Gasteiger partial charge in [-0.15, -0.1) is 0 Å². The number of fused-ring (bicyclic) bond motifs is 1. The number of ketones is 1. The lowest BCUT2D eigenvalue weighted by molar-refractivity contribution is 0.0474. The van der Waals surface area contributed by atoms with Crippen LogP contribution in [0.15, 0.2) is 42.6 Å². The SMILES string of the molecule is Cc1ccc(-n2c(C)cc(C(=O)COC(=O)c3cnc4c(c3)c(C)nn4C)c2C)cc1. The van der Waals surface area contributed by atoms with Gasteiger partial charge < -0.3 is 9.30 Å². The van der Waals surface area contributed by atoms with Crippen molar-refractivity contribution >= 4 is 22.8 Å². The van der Waals surface area contributed by atoms with Crippen LogP contribution in [0.4, 0.5) is 0 Å². The summed E-state index contributed by atoms with van der Waals surface area (Å²) in [7, 11) is 1.80. The van der Waals surface area contributed by atoms with Gasteiger partial charge in [-0.3, -0.25) is 9.48 Å². The smallest absolute Gasteiger partial charge is 0.340 e. The van der Waals surface area contributed by atoms with Crippen molar-refractivity contribution in [2.45, 2.75) is 27.7 Å². The molecule has 0 saturated carbocycles. The van der Waals surface area contributed by atoms with Crippen LogP contribution in [0.2, 0.25) is 0 Å². The summed E-state index contributed by atoms with van der Waals surface area (Å²) in [4.78, 5) is 29.6. The molecule has 4 rings (SSSR count). The first-order valence-corrected chi connectivity index (χ1v) is 10.0. The molecule has 0 aliphatic heterocycles. The van der Waals surface area contributed by atoms with Crippen LogP contribution >= 0.6 is 0 Å². The molecule has 1 aromatic carbocycles. The summed E-state index contributed by atoms with van der Waals surface area (Å²) in [6, 6.07) is 11.6. The molecule has 3 aromatic heterocycles. The molecule has 0 spiro atoms. The lowest BCUT2D eigenvalue weighted by Crippen LogP contribution is -2.15. The number of ether oxygens (including phenoxy) is 1. The zero-order valence-corrected chi connectivity index (χ0v) is 18.3. The molecular weight excluding hydrogens is 392 g/mol. The topological polar surface area (TPSA) is 79.0 Å².